The fourth-order valence-electron chi connectivity index (χ4n) is 4.89. The number of anilines is 1. The van der Waals surface area contributed by atoms with E-state index in [1.165, 1.54) is 17.2 Å². The standard InChI is InChI=1S/C28H26N2O5/c1-16-18(27(32)33)11-6-12-25(16)30-26(31)23-13-17(23)14-29-28(34)35-15-24-21-9-4-2-7-19(21)20-8-3-5-10-22(20)24/h2-12,17,23-24H,13-15H2,1H3,(H,29,34)(H,30,31)(H,32,33)/t17-,23-/m0/s1. The Kier molecular flexibility index (Phi) is 5.99. The van der Waals surface area contributed by atoms with Crippen LogP contribution in [0.3, 0.4) is 0 Å². The first-order valence-corrected chi connectivity index (χ1v) is 11.7. The Hall–Kier alpha value is -4.13. The number of aromatic carboxylic acids is 1. The van der Waals surface area contributed by atoms with E-state index in [1.54, 1.807) is 19.1 Å². The number of hydrogen-bond donors (Lipinski definition) is 3. The number of carboxylic acids is 1. The van der Waals surface area contributed by atoms with Crippen molar-refractivity contribution in [3.8, 4) is 11.1 Å². The van der Waals surface area contributed by atoms with Crippen LogP contribution in [0.1, 0.15) is 39.4 Å². The number of rotatable bonds is 7. The quantitative estimate of drug-likeness (QED) is 0.460. The molecule has 0 bridgehead atoms. The van der Waals surface area contributed by atoms with E-state index < -0.39 is 12.1 Å². The second-order valence-corrected chi connectivity index (χ2v) is 9.08. The van der Waals surface area contributed by atoms with E-state index in [4.69, 9.17) is 4.74 Å². The average molecular weight is 471 g/mol. The van der Waals surface area contributed by atoms with Gasteiger partial charge < -0.3 is 20.5 Å². The number of ether oxygens (including phenoxy) is 1. The van der Waals surface area contributed by atoms with E-state index >= 15 is 0 Å². The summed E-state index contributed by atoms with van der Waals surface area (Å²) in [5, 5.41) is 14.9. The first kappa shape index (κ1) is 22.7. The van der Waals surface area contributed by atoms with Gasteiger partial charge in [-0.1, -0.05) is 54.6 Å². The van der Waals surface area contributed by atoms with Gasteiger partial charge in [0.15, 0.2) is 0 Å². The van der Waals surface area contributed by atoms with Crippen molar-refractivity contribution in [3.63, 3.8) is 0 Å². The number of carboxylic acid groups (broad SMARTS) is 1. The second kappa shape index (κ2) is 9.25. The molecule has 178 valence electrons. The summed E-state index contributed by atoms with van der Waals surface area (Å²) >= 11 is 0. The molecule has 0 spiro atoms. The van der Waals surface area contributed by atoms with Crippen LogP contribution in [0.4, 0.5) is 10.5 Å². The van der Waals surface area contributed by atoms with Gasteiger partial charge >= 0.3 is 12.1 Å². The first-order valence-electron chi connectivity index (χ1n) is 11.7. The van der Waals surface area contributed by atoms with Crippen LogP contribution in [0.25, 0.3) is 11.1 Å². The summed E-state index contributed by atoms with van der Waals surface area (Å²) in [6, 6.07) is 21.1. The van der Waals surface area contributed by atoms with Gasteiger partial charge in [0, 0.05) is 24.1 Å². The van der Waals surface area contributed by atoms with Gasteiger partial charge in [-0.15, -0.1) is 0 Å². The zero-order chi connectivity index (χ0) is 24.5. The Morgan fingerprint density at radius 2 is 1.60 bits per heavy atom. The third-order valence-electron chi connectivity index (χ3n) is 6.93. The molecule has 0 radical (unpaired) electrons. The highest BCUT2D eigenvalue weighted by Crippen LogP contribution is 2.44. The van der Waals surface area contributed by atoms with Gasteiger partial charge in [-0.05, 0) is 59.2 Å². The van der Waals surface area contributed by atoms with Crippen LogP contribution in [0.15, 0.2) is 66.7 Å². The van der Waals surface area contributed by atoms with Crippen LogP contribution < -0.4 is 10.6 Å². The molecule has 5 rings (SSSR count). The van der Waals surface area contributed by atoms with Crippen LogP contribution in [0.5, 0.6) is 0 Å². The molecule has 3 aromatic rings. The van der Waals surface area contributed by atoms with Crippen molar-refractivity contribution in [2.24, 2.45) is 11.8 Å². The van der Waals surface area contributed by atoms with E-state index in [9.17, 15) is 19.5 Å². The minimum absolute atomic E-state index is 0.00240. The van der Waals surface area contributed by atoms with Crippen LogP contribution in [0.2, 0.25) is 0 Å². The lowest BCUT2D eigenvalue weighted by Gasteiger charge is -2.14. The maximum absolute atomic E-state index is 12.6. The molecule has 0 unspecified atom stereocenters. The minimum Gasteiger partial charge on any atom is -0.478 e. The summed E-state index contributed by atoms with van der Waals surface area (Å²) in [5.41, 5.74) is 5.82. The number of nitrogens with one attached hydrogen (secondary N) is 2. The van der Waals surface area contributed by atoms with Gasteiger partial charge in [-0.3, -0.25) is 4.79 Å². The molecule has 0 saturated heterocycles. The molecule has 0 heterocycles. The molecule has 3 aromatic carbocycles. The van der Waals surface area contributed by atoms with Crippen molar-refractivity contribution in [3.05, 3.63) is 89.0 Å². The van der Waals surface area contributed by atoms with Crippen molar-refractivity contribution >= 4 is 23.7 Å². The van der Waals surface area contributed by atoms with Gasteiger partial charge in [0.05, 0.1) is 5.56 Å². The van der Waals surface area contributed by atoms with E-state index in [2.05, 4.69) is 34.9 Å². The Morgan fingerprint density at radius 3 is 2.26 bits per heavy atom. The lowest BCUT2D eigenvalue weighted by Crippen LogP contribution is -2.29. The molecule has 2 atom stereocenters. The molecule has 1 saturated carbocycles. The lowest BCUT2D eigenvalue weighted by atomic mass is 9.98. The van der Waals surface area contributed by atoms with Crippen LogP contribution in [-0.4, -0.2) is 36.2 Å². The van der Waals surface area contributed by atoms with E-state index in [0.717, 1.165) is 11.1 Å². The van der Waals surface area contributed by atoms with Crippen molar-refractivity contribution in [2.75, 3.05) is 18.5 Å². The molecule has 7 nitrogen and oxygen atoms in total. The molecule has 3 N–H and O–H groups in total. The molecule has 7 heteroatoms. The summed E-state index contributed by atoms with van der Waals surface area (Å²) in [7, 11) is 0. The Balaban J connectivity index is 1.12. The zero-order valence-electron chi connectivity index (χ0n) is 19.3. The van der Waals surface area contributed by atoms with Crippen LogP contribution in [0, 0.1) is 18.8 Å². The van der Waals surface area contributed by atoms with Crippen LogP contribution >= 0.6 is 0 Å². The molecular weight excluding hydrogens is 444 g/mol. The number of hydrogen-bond acceptors (Lipinski definition) is 4. The van der Waals surface area contributed by atoms with Crippen molar-refractivity contribution in [1.82, 2.24) is 5.32 Å². The fraction of sp³-hybridized carbons (Fsp3) is 0.250. The van der Waals surface area contributed by atoms with Gasteiger partial charge in [0.25, 0.3) is 0 Å². The first-order chi connectivity index (χ1) is 16.9. The molecule has 35 heavy (non-hydrogen) atoms. The number of amides is 2. The molecule has 2 amide bonds. The molecule has 2 aliphatic rings. The lowest BCUT2D eigenvalue weighted by molar-refractivity contribution is -0.117. The Labute approximate surface area is 203 Å². The monoisotopic (exact) mass is 470 g/mol. The topological polar surface area (TPSA) is 105 Å². The maximum atomic E-state index is 12.6. The predicted molar refractivity (Wildman–Crippen MR) is 131 cm³/mol. The van der Waals surface area contributed by atoms with E-state index in [0.29, 0.717) is 24.2 Å². The highest BCUT2D eigenvalue weighted by atomic mass is 16.5. The van der Waals surface area contributed by atoms with Crippen molar-refractivity contribution < 1.29 is 24.2 Å². The van der Waals surface area contributed by atoms with Crippen LogP contribution in [-0.2, 0) is 9.53 Å². The Morgan fingerprint density at radius 1 is 0.943 bits per heavy atom. The smallest absolute Gasteiger partial charge is 0.407 e. The summed E-state index contributed by atoms with van der Waals surface area (Å²) < 4.78 is 5.55. The zero-order valence-corrected chi connectivity index (χ0v) is 19.3. The number of carbonyl (C=O) groups is 3. The molecule has 2 aliphatic carbocycles. The number of benzene rings is 3. The van der Waals surface area contributed by atoms with Gasteiger partial charge in [-0.25, -0.2) is 9.59 Å². The highest BCUT2D eigenvalue weighted by molar-refractivity contribution is 5.98. The fourth-order valence-corrected chi connectivity index (χ4v) is 4.89. The second-order valence-electron chi connectivity index (χ2n) is 9.08. The number of carbonyl (C=O) groups excluding carboxylic acids is 2. The summed E-state index contributed by atoms with van der Waals surface area (Å²) in [5.74, 6) is -1.40. The van der Waals surface area contributed by atoms with E-state index in [1.807, 2.05) is 24.3 Å². The predicted octanol–water partition coefficient (Wildman–Crippen LogP) is 4.81. The average Bonchev–Trinajstić information content (AvgIpc) is 3.58. The maximum Gasteiger partial charge on any atom is 0.407 e. The molecular formula is C28H26N2O5. The summed E-state index contributed by atoms with van der Waals surface area (Å²) in [6.07, 6.45) is 0.163. The van der Waals surface area contributed by atoms with Crippen molar-refractivity contribution in [1.29, 1.82) is 0 Å². The normalized spacial score (nSPS) is 17.7. The third kappa shape index (κ3) is 4.49. The third-order valence-corrected chi connectivity index (χ3v) is 6.93. The summed E-state index contributed by atoms with van der Waals surface area (Å²) in [6.45, 7) is 2.26. The van der Waals surface area contributed by atoms with Gasteiger partial charge in [0.1, 0.15) is 6.61 Å². The van der Waals surface area contributed by atoms with Crippen molar-refractivity contribution in [2.45, 2.75) is 19.3 Å². The Bertz CT molecular complexity index is 1270. The number of alkyl carbamates (subject to hydrolysis) is 1. The number of fused-ring (bicyclic) bond motifs is 3. The highest BCUT2D eigenvalue weighted by Gasteiger charge is 2.43. The largest absolute Gasteiger partial charge is 0.478 e. The molecule has 0 aliphatic heterocycles. The molecule has 1 fully saturated rings. The SMILES string of the molecule is Cc1c(NC(=O)[C@H]2C[C@H]2CNC(=O)OCC2c3ccccc3-c3ccccc32)cccc1C(=O)O. The van der Waals surface area contributed by atoms with Gasteiger partial charge in [0.2, 0.25) is 5.91 Å². The van der Waals surface area contributed by atoms with Gasteiger partial charge in [-0.2, -0.15) is 0 Å². The molecule has 0 aromatic heterocycles. The minimum atomic E-state index is -1.03. The summed E-state index contributed by atoms with van der Waals surface area (Å²) in [4.78, 5) is 36.3. The van der Waals surface area contributed by atoms with E-state index in [-0.39, 0.29) is 35.8 Å².